The van der Waals surface area contributed by atoms with Gasteiger partial charge in [0.15, 0.2) is 0 Å². The molecule has 114 valence electrons. The van der Waals surface area contributed by atoms with Gasteiger partial charge in [0.05, 0.1) is 16.4 Å². The Balaban J connectivity index is 1.98. The van der Waals surface area contributed by atoms with Crippen molar-refractivity contribution in [2.24, 2.45) is 5.92 Å². The predicted molar refractivity (Wildman–Crippen MR) is 86.4 cm³/mol. The van der Waals surface area contributed by atoms with Crippen molar-refractivity contribution >= 4 is 17.2 Å². The number of hydrogen-bond acceptors (Lipinski definition) is 3. The summed E-state index contributed by atoms with van der Waals surface area (Å²) in [5, 5.41) is 8.72. The molecular formula is C17H23NO2S. The second-order valence-electron chi connectivity index (χ2n) is 5.44. The number of amides is 1. The van der Waals surface area contributed by atoms with Gasteiger partial charge in [0.25, 0.3) is 5.91 Å². The molecule has 1 atom stereocenters. The Hall–Kier alpha value is -1.31. The maximum atomic E-state index is 12.5. The second kappa shape index (κ2) is 8.21. The zero-order chi connectivity index (χ0) is 15.1. The molecule has 0 radical (unpaired) electrons. The Morgan fingerprint density at radius 3 is 3.05 bits per heavy atom. The molecule has 1 fully saturated rings. The van der Waals surface area contributed by atoms with Crippen LogP contribution in [0.4, 0.5) is 0 Å². The summed E-state index contributed by atoms with van der Waals surface area (Å²) in [5.74, 6) is 6.80. The minimum atomic E-state index is 0.0799. The largest absolute Gasteiger partial charge is 0.395 e. The van der Waals surface area contributed by atoms with E-state index >= 15 is 0 Å². The molecule has 1 unspecified atom stereocenters. The van der Waals surface area contributed by atoms with Gasteiger partial charge in [-0.2, -0.15) is 0 Å². The van der Waals surface area contributed by atoms with E-state index in [0.29, 0.717) is 6.42 Å². The fourth-order valence-electron chi connectivity index (χ4n) is 2.66. The molecule has 1 aromatic rings. The van der Waals surface area contributed by atoms with E-state index in [9.17, 15) is 4.79 Å². The zero-order valence-electron chi connectivity index (χ0n) is 12.6. The SMILES string of the molecule is CCC1CCCN(C(=O)c2ccc(C#CCCO)s2)CC1. The van der Waals surface area contributed by atoms with Crippen molar-refractivity contribution in [1.29, 1.82) is 0 Å². The van der Waals surface area contributed by atoms with Crippen molar-refractivity contribution in [1.82, 2.24) is 4.90 Å². The third-order valence-electron chi connectivity index (χ3n) is 3.98. The summed E-state index contributed by atoms with van der Waals surface area (Å²) in [6.45, 7) is 4.06. The fraction of sp³-hybridized carbons (Fsp3) is 0.588. The molecule has 1 N–H and O–H groups in total. The van der Waals surface area contributed by atoms with Crippen LogP contribution in [0.5, 0.6) is 0 Å². The maximum absolute atomic E-state index is 12.5. The Kier molecular flexibility index (Phi) is 6.28. The highest BCUT2D eigenvalue weighted by Gasteiger charge is 2.21. The third-order valence-corrected chi connectivity index (χ3v) is 4.97. The van der Waals surface area contributed by atoms with Crippen LogP contribution in [-0.4, -0.2) is 35.6 Å². The van der Waals surface area contributed by atoms with Gasteiger partial charge in [-0.3, -0.25) is 4.79 Å². The van der Waals surface area contributed by atoms with E-state index in [2.05, 4.69) is 18.8 Å². The monoisotopic (exact) mass is 305 g/mol. The van der Waals surface area contributed by atoms with Crippen LogP contribution < -0.4 is 0 Å². The molecule has 0 aliphatic carbocycles. The summed E-state index contributed by atoms with van der Waals surface area (Å²) in [6.07, 6.45) is 5.16. The van der Waals surface area contributed by atoms with E-state index in [0.717, 1.165) is 41.6 Å². The minimum absolute atomic E-state index is 0.0799. The molecule has 1 aliphatic heterocycles. The molecule has 2 heterocycles. The molecule has 0 spiro atoms. The summed E-state index contributed by atoms with van der Waals surface area (Å²) in [4.78, 5) is 16.2. The number of likely N-dealkylation sites (tertiary alicyclic amines) is 1. The maximum Gasteiger partial charge on any atom is 0.263 e. The lowest BCUT2D eigenvalue weighted by Crippen LogP contribution is -2.31. The number of aliphatic hydroxyl groups excluding tert-OH is 1. The van der Waals surface area contributed by atoms with E-state index in [4.69, 9.17) is 5.11 Å². The van der Waals surface area contributed by atoms with Gasteiger partial charge in [0, 0.05) is 19.5 Å². The van der Waals surface area contributed by atoms with Crippen LogP contribution in [0.25, 0.3) is 0 Å². The Bertz CT molecular complexity index is 526. The van der Waals surface area contributed by atoms with Gasteiger partial charge in [0.2, 0.25) is 0 Å². The van der Waals surface area contributed by atoms with Crippen LogP contribution >= 0.6 is 11.3 Å². The molecule has 0 bridgehead atoms. The molecule has 0 saturated carbocycles. The quantitative estimate of drug-likeness (QED) is 0.872. The Morgan fingerprint density at radius 2 is 2.29 bits per heavy atom. The molecule has 1 aliphatic rings. The number of thiophene rings is 1. The molecule has 3 nitrogen and oxygen atoms in total. The highest BCUT2D eigenvalue weighted by molar-refractivity contribution is 7.14. The molecule has 1 aromatic heterocycles. The van der Waals surface area contributed by atoms with Gasteiger partial charge in [-0.05, 0) is 37.3 Å². The molecule has 1 saturated heterocycles. The molecule has 2 rings (SSSR count). The third kappa shape index (κ3) is 4.59. The average molecular weight is 305 g/mol. The minimum Gasteiger partial charge on any atom is -0.395 e. The van der Waals surface area contributed by atoms with Crippen molar-refractivity contribution in [3.05, 3.63) is 21.9 Å². The van der Waals surface area contributed by atoms with E-state index in [1.54, 1.807) is 0 Å². The van der Waals surface area contributed by atoms with Gasteiger partial charge >= 0.3 is 0 Å². The Morgan fingerprint density at radius 1 is 1.43 bits per heavy atom. The first-order valence-corrected chi connectivity index (χ1v) is 8.55. The fourth-order valence-corrected chi connectivity index (χ4v) is 3.51. The average Bonchev–Trinajstić information content (AvgIpc) is 2.83. The molecule has 0 aromatic carbocycles. The number of carbonyl (C=O) groups excluding carboxylic acids is 1. The lowest BCUT2D eigenvalue weighted by atomic mass is 9.98. The normalized spacial score (nSPS) is 18.8. The summed E-state index contributed by atoms with van der Waals surface area (Å²) < 4.78 is 0. The molecular weight excluding hydrogens is 282 g/mol. The molecule has 4 heteroatoms. The zero-order valence-corrected chi connectivity index (χ0v) is 13.4. The van der Waals surface area contributed by atoms with Crippen LogP contribution in [-0.2, 0) is 0 Å². The van der Waals surface area contributed by atoms with Crippen LogP contribution in [0.1, 0.15) is 53.6 Å². The second-order valence-corrected chi connectivity index (χ2v) is 6.52. The van der Waals surface area contributed by atoms with Gasteiger partial charge in [-0.1, -0.05) is 25.2 Å². The van der Waals surface area contributed by atoms with Gasteiger partial charge in [0.1, 0.15) is 0 Å². The van der Waals surface area contributed by atoms with Crippen molar-refractivity contribution in [3.63, 3.8) is 0 Å². The van der Waals surface area contributed by atoms with Crippen LogP contribution in [0.15, 0.2) is 12.1 Å². The summed E-state index contributed by atoms with van der Waals surface area (Å²) in [7, 11) is 0. The van der Waals surface area contributed by atoms with E-state index < -0.39 is 0 Å². The van der Waals surface area contributed by atoms with Crippen LogP contribution in [0.3, 0.4) is 0 Å². The number of hydrogen-bond donors (Lipinski definition) is 1. The smallest absolute Gasteiger partial charge is 0.263 e. The highest BCUT2D eigenvalue weighted by Crippen LogP contribution is 2.23. The van der Waals surface area contributed by atoms with Gasteiger partial charge < -0.3 is 10.0 Å². The number of nitrogens with zero attached hydrogens (tertiary/aromatic N) is 1. The first kappa shape index (κ1) is 16.1. The highest BCUT2D eigenvalue weighted by atomic mass is 32.1. The lowest BCUT2D eigenvalue weighted by molar-refractivity contribution is 0.0765. The van der Waals surface area contributed by atoms with Crippen molar-refractivity contribution < 1.29 is 9.90 Å². The Labute approximate surface area is 131 Å². The number of carbonyl (C=O) groups is 1. The topological polar surface area (TPSA) is 40.5 Å². The number of aliphatic hydroxyl groups is 1. The van der Waals surface area contributed by atoms with Crippen molar-refractivity contribution in [2.75, 3.05) is 19.7 Å². The summed E-state index contributed by atoms with van der Waals surface area (Å²) >= 11 is 1.45. The molecule has 1 amide bonds. The van der Waals surface area contributed by atoms with Crippen LogP contribution in [0, 0.1) is 17.8 Å². The first-order chi connectivity index (χ1) is 10.2. The van der Waals surface area contributed by atoms with Crippen LogP contribution in [0.2, 0.25) is 0 Å². The van der Waals surface area contributed by atoms with Crippen molar-refractivity contribution in [2.45, 2.75) is 39.0 Å². The lowest BCUT2D eigenvalue weighted by Gasteiger charge is -2.19. The van der Waals surface area contributed by atoms with Gasteiger partial charge in [-0.25, -0.2) is 0 Å². The standard InChI is InChI=1S/C17H23NO2S/c1-2-14-6-5-11-18(12-10-14)17(20)16-9-8-15(21-16)7-3-4-13-19/h8-9,14,19H,2,4-6,10-13H2,1H3. The predicted octanol–water partition coefficient (Wildman–Crippen LogP) is 3.13. The molecule has 21 heavy (non-hydrogen) atoms. The van der Waals surface area contributed by atoms with E-state index in [1.807, 2.05) is 17.0 Å². The first-order valence-electron chi connectivity index (χ1n) is 7.73. The summed E-state index contributed by atoms with van der Waals surface area (Å²) in [5.41, 5.74) is 0. The summed E-state index contributed by atoms with van der Waals surface area (Å²) in [6, 6.07) is 3.77. The number of rotatable bonds is 3. The van der Waals surface area contributed by atoms with E-state index in [1.165, 1.54) is 24.2 Å². The van der Waals surface area contributed by atoms with Gasteiger partial charge in [-0.15, -0.1) is 11.3 Å². The van der Waals surface area contributed by atoms with Crippen molar-refractivity contribution in [3.8, 4) is 11.8 Å². The van der Waals surface area contributed by atoms with E-state index in [-0.39, 0.29) is 12.5 Å².